The molecule has 0 bridgehead atoms. The van der Waals surface area contributed by atoms with Gasteiger partial charge >= 0.3 is 0 Å². The Morgan fingerprint density at radius 1 is 0.929 bits per heavy atom. The number of piperazine rings is 1. The van der Waals surface area contributed by atoms with Crippen LogP contribution in [0.15, 0.2) is 59.6 Å². The summed E-state index contributed by atoms with van der Waals surface area (Å²) in [4.78, 5) is 17.3. The lowest BCUT2D eigenvalue weighted by molar-refractivity contribution is 0.0666. The van der Waals surface area contributed by atoms with Crippen LogP contribution in [-0.4, -0.2) is 61.3 Å². The Morgan fingerprint density at radius 2 is 1.57 bits per heavy atom. The molecule has 6 nitrogen and oxygen atoms in total. The normalized spacial score (nSPS) is 15.9. The zero-order valence-electron chi connectivity index (χ0n) is 16.0. The van der Waals surface area contributed by atoms with Gasteiger partial charge in [0.05, 0.1) is 16.0 Å². The predicted octanol–water partition coefficient (Wildman–Crippen LogP) is 2.57. The molecule has 1 aliphatic rings. The molecular formula is C21H23N3O3S. The lowest BCUT2D eigenvalue weighted by Gasteiger charge is -2.32. The predicted molar refractivity (Wildman–Crippen MR) is 109 cm³/mol. The van der Waals surface area contributed by atoms with E-state index in [1.165, 1.54) is 10.2 Å². The topological polar surface area (TPSA) is 62.6 Å². The second kappa shape index (κ2) is 7.07. The van der Waals surface area contributed by atoms with Gasteiger partial charge in [-0.1, -0.05) is 35.9 Å². The summed E-state index contributed by atoms with van der Waals surface area (Å²) < 4.78 is 27.7. The maximum absolute atomic E-state index is 13.2. The van der Waals surface area contributed by atoms with Crippen molar-refractivity contribution in [1.29, 1.82) is 0 Å². The molecule has 1 amide bonds. The van der Waals surface area contributed by atoms with E-state index in [2.05, 4.69) is 4.90 Å². The van der Waals surface area contributed by atoms with Crippen LogP contribution in [0.4, 0.5) is 0 Å². The molecule has 0 radical (unpaired) electrons. The molecular weight excluding hydrogens is 374 g/mol. The highest BCUT2D eigenvalue weighted by Crippen LogP contribution is 2.27. The number of para-hydroxylation sites is 1. The van der Waals surface area contributed by atoms with Crippen LogP contribution in [0.1, 0.15) is 15.9 Å². The van der Waals surface area contributed by atoms with Crippen molar-refractivity contribution in [1.82, 2.24) is 13.8 Å². The van der Waals surface area contributed by atoms with Crippen molar-refractivity contribution in [3.8, 4) is 0 Å². The molecule has 1 fully saturated rings. The maximum atomic E-state index is 13.2. The van der Waals surface area contributed by atoms with E-state index in [0.29, 0.717) is 29.6 Å². The molecule has 2 aromatic carbocycles. The molecule has 4 rings (SSSR count). The van der Waals surface area contributed by atoms with Crippen molar-refractivity contribution < 1.29 is 13.2 Å². The largest absolute Gasteiger partial charge is 0.336 e. The van der Waals surface area contributed by atoms with E-state index in [9.17, 15) is 13.2 Å². The molecule has 2 heterocycles. The van der Waals surface area contributed by atoms with E-state index in [-0.39, 0.29) is 10.8 Å². The Labute approximate surface area is 165 Å². The first-order chi connectivity index (χ1) is 13.4. The van der Waals surface area contributed by atoms with Crippen molar-refractivity contribution in [3.05, 3.63) is 65.9 Å². The van der Waals surface area contributed by atoms with Crippen molar-refractivity contribution in [3.63, 3.8) is 0 Å². The molecule has 0 aliphatic carbocycles. The number of likely N-dealkylation sites (N-methyl/N-ethyl adjacent to an activating group) is 1. The summed E-state index contributed by atoms with van der Waals surface area (Å²) in [5, 5.41) is 0.655. The fraction of sp³-hybridized carbons (Fsp3) is 0.286. The summed E-state index contributed by atoms with van der Waals surface area (Å²) in [6.07, 6.45) is 1.47. The molecule has 0 atom stereocenters. The van der Waals surface area contributed by atoms with Gasteiger partial charge in [0.25, 0.3) is 15.9 Å². The quantitative estimate of drug-likeness (QED) is 0.682. The Kier molecular flexibility index (Phi) is 4.72. The molecule has 0 spiro atoms. The molecule has 146 valence electrons. The number of rotatable bonds is 3. The van der Waals surface area contributed by atoms with Crippen molar-refractivity contribution >= 4 is 26.8 Å². The van der Waals surface area contributed by atoms with Crippen LogP contribution in [0.2, 0.25) is 0 Å². The third kappa shape index (κ3) is 3.21. The van der Waals surface area contributed by atoms with Crippen molar-refractivity contribution in [2.45, 2.75) is 11.8 Å². The van der Waals surface area contributed by atoms with Gasteiger partial charge in [0, 0.05) is 37.8 Å². The number of aromatic nitrogens is 1. The Morgan fingerprint density at radius 3 is 2.25 bits per heavy atom. The molecule has 0 N–H and O–H groups in total. The van der Waals surface area contributed by atoms with Crippen LogP contribution in [0.3, 0.4) is 0 Å². The minimum absolute atomic E-state index is 0.123. The third-order valence-electron chi connectivity index (χ3n) is 5.28. The van der Waals surface area contributed by atoms with Gasteiger partial charge in [0.1, 0.15) is 0 Å². The summed E-state index contributed by atoms with van der Waals surface area (Å²) >= 11 is 0. The Balaban J connectivity index is 1.81. The zero-order valence-corrected chi connectivity index (χ0v) is 16.8. The molecule has 1 aliphatic heterocycles. The standard InChI is InChI=1S/C21H23N3O3S/c1-16-7-9-17(10-8-16)28(26,27)24-15-19(18-5-3-4-6-20(18)24)21(25)23-13-11-22(2)12-14-23/h3-10,15H,11-14H2,1-2H3. The molecule has 1 aromatic heterocycles. The third-order valence-corrected chi connectivity index (χ3v) is 6.96. The second-order valence-corrected chi connectivity index (χ2v) is 9.08. The number of nitrogens with zero attached hydrogens (tertiary/aromatic N) is 3. The van der Waals surface area contributed by atoms with Crippen LogP contribution < -0.4 is 0 Å². The average molecular weight is 398 g/mol. The second-order valence-electron chi connectivity index (χ2n) is 7.27. The summed E-state index contributed by atoms with van der Waals surface area (Å²) in [5.74, 6) is -0.123. The smallest absolute Gasteiger partial charge is 0.268 e. The van der Waals surface area contributed by atoms with E-state index >= 15 is 0 Å². The van der Waals surface area contributed by atoms with Gasteiger partial charge in [0.15, 0.2) is 0 Å². The SMILES string of the molecule is Cc1ccc(S(=O)(=O)n2cc(C(=O)N3CCN(C)CC3)c3ccccc32)cc1. The van der Waals surface area contributed by atoms with E-state index in [1.807, 2.05) is 20.0 Å². The molecule has 7 heteroatoms. The average Bonchev–Trinajstić information content (AvgIpc) is 3.09. The fourth-order valence-electron chi connectivity index (χ4n) is 3.52. The first-order valence-corrected chi connectivity index (χ1v) is 10.7. The summed E-state index contributed by atoms with van der Waals surface area (Å²) in [6, 6.07) is 13.9. The maximum Gasteiger partial charge on any atom is 0.268 e. The number of benzene rings is 2. The number of hydrogen-bond donors (Lipinski definition) is 0. The number of aryl methyl sites for hydroxylation is 1. The highest BCUT2D eigenvalue weighted by atomic mass is 32.2. The molecule has 1 saturated heterocycles. The van der Waals surface area contributed by atoms with Crippen LogP contribution in [0, 0.1) is 6.92 Å². The number of carbonyl (C=O) groups excluding carboxylic acids is 1. The van der Waals surface area contributed by atoms with Crippen LogP contribution in [-0.2, 0) is 10.0 Å². The van der Waals surface area contributed by atoms with E-state index in [4.69, 9.17) is 0 Å². The summed E-state index contributed by atoms with van der Waals surface area (Å²) in [6.45, 7) is 4.81. The lowest BCUT2D eigenvalue weighted by atomic mass is 10.1. The number of carbonyl (C=O) groups is 1. The van der Waals surface area contributed by atoms with Crippen molar-refractivity contribution in [2.24, 2.45) is 0 Å². The lowest BCUT2D eigenvalue weighted by Crippen LogP contribution is -2.47. The van der Waals surface area contributed by atoms with Gasteiger partial charge in [-0.05, 0) is 32.2 Å². The molecule has 0 saturated carbocycles. The van der Waals surface area contributed by atoms with Gasteiger partial charge in [0.2, 0.25) is 0 Å². The van der Waals surface area contributed by atoms with Crippen LogP contribution in [0.5, 0.6) is 0 Å². The highest BCUT2D eigenvalue weighted by Gasteiger charge is 2.27. The monoisotopic (exact) mass is 397 g/mol. The van der Waals surface area contributed by atoms with Gasteiger partial charge < -0.3 is 9.80 Å². The van der Waals surface area contributed by atoms with Crippen LogP contribution >= 0.6 is 0 Å². The number of hydrogen-bond acceptors (Lipinski definition) is 4. The van der Waals surface area contributed by atoms with E-state index < -0.39 is 10.0 Å². The van der Waals surface area contributed by atoms with Crippen LogP contribution in [0.25, 0.3) is 10.9 Å². The summed E-state index contributed by atoms with van der Waals surface area (Å²) in [5.41, 5.74) is 1.93. The minimum atomic E-state index is -3.80. The highest BCUT2D eigenvalue weighted by molar-refractivity contribution is 7.90. The fourth-order valence-corrected chi connectivity index (χ4v) is 4.89. The first-order valence-electron chi connectivity index (χ1n) is 9.28. The van der Waals surface area contributed by atoms with Gasteiger partial charge in [-0.15, -0.1) is 0 Å². The first kappa shape index (κ1) is 18.7. The zero-order chi connectivity index (χ0) is 19.9. The van der Waals surface area contributed by atoms with E-state index in [1.54, 1.807) is 47.4 Å². The Hall–Kier alpha value is -2.64. The van der Waals surface area contributed by atoms with Gasteiger partial charge in [-0.3, -0.25) is 4.79 Å². The minimum Gasteiger partial charge on any atom is -0.336 e. The van der Waals surface area contributed by atoms with E-state index in [0.717, 1.165) is 18.7 Å². The number of fused-ring (bicyclic) bond motifs is 1. The molecule has 3 aromatic rings. The summed E-state index contributed by atoms with van der Waals surface area (Å²) in [7, 11) is -1.77. The van der Waals surface area contributed by atoms with Crippen molar-refractivity contribution in [2.75, 3.05) is 33.2 Å². The number of amides is 1. The van der Waals surface area contributed by atoms with Gasteiger partial charge in [-0.2, -0.15) is 0 Å². The molecule has 28 heavy (non-hydrogen) atoms. The van der Waals surface area contributed by atoms with Gasteiger partial charge in [-0.25, -0.2) is 12.4 Å². The molecule has 0 unspecified atom stereocenters. The Bertz CT molecular complexity index is 1130.